The summed E-state index contributed by atoms with van der Waals surface area (Å²) >= 11 is 1.55. The molecule has 3 rings (SSSR count). The van der Waals surface area contributed by atoms with Crippen LogP contribution in [-0.4, -0.2) is 18.0 Å². The molecule has 0 aliphatic carbocycles. The van der Waals surface area contributed by atoms with Gasteiger partial charge in [0.05, 0.1) is 18.2 Å². The molecule has 0 radical (unpaired) electrons. The van der Waals surface area contributed by atoms with Crippen LogP contribution in [0.3, 0.4) is 0 Å². The minimum atomic E-state index is -0.417. The van der Waals surface area contributed by atoms with Gasteiger partial charge in [-0.25, -0.2) is 4.98 Å². The van der Waals surface area contributed by atoms with Crippen molar-refractivity contribution in [2.75, 3.05) is 7.11 Å². The lowest BCUT2D eigenvalue weighted by atomic mass is 10.1. The minimum Gasteiger partial charge on any atom is -0.489 e. The van der Waals surface area contributed by atoms with Crippen LogP contribution in [0.1, 0.15) is 20.8 Å². The van der Waals surface area contributed by atoms with Crippen LogP contribution in [0, 0.1) is 6.92 Å². The molecular weight excluding hydrogens is 312 g/mol. The highest BCUT2D eigenvalue weighted by Crippen LogP contribution is 2.33. The molecule has 5 nitrogen and oxygen atoms in total. The van der Waals surface area contributed by atoms with E-state index < -0.39 is 5.91 Å². The van der Waals surface area contributed by atoms with Crippen molar-refractivity contribution in [2.45, 2.75) is 13.5 Å². The van der Waals surface area contributed by atoms with E-state index in [1.165, 1.54) is 0 Å². The van der Waals surface area contributed by atoms with Gasteiger partial charge in [0.15, 0.2) is 0 Å². The summed E-state index contributed by atoms with van der Waals surface area (Å²) in [5, 5.41) is 0.829. The fourth-order valence-corrected chi connectivity index (χ4v) is 3.52. The molecule has 0 aliphatic rings. The van der Waals surface area contributed by atoms with Crippen LogP contribution in [0.4, 0.5) is 0 Å². The second-order valence-corrected chi connectivity index (χ2v) is 6.27. The summed E-state index contributed by atoms with van der Waals surface area (Å²) in [7, 11) is 1.57. The summed E-state index contributed by atoms with van der Waals surface area (Å²) in [5.74, 6) is 0.793. The van der Waals surface area contributed by atoms with Crippen LogP contribution < -0.4 is 15.2 Å². The molecule has 3 aromatic rings. The zero-order chi connectivity index (χ0) is 16.4. The average molecular weight is 328 g/mol. The van der Waals surface area contributed by atoms with E-state index >= 15 is 0 Å². The number of nitrogens with zero attached hydrogens (tertiary/aromatic N) is 1. The zero-order valence-corrected chi connectivity index (χ0v) is 13.6. The van der Waals surface area contributed by atoms with Crippen LogP contribution in [0.2, 0.25) is 0 Å². The van der Waals surface area contributed by atoms with Crippen LogP contribution in [0.15, 0.2) is 36.5 Å². The second kappa shape index (κ2) is 6.26. The summed E-state index contributed by atoms with van der Waals surface area (Å²) in [6.07, 6.45) is 1.67. The van der Waals surface area contributed by atoms with Gasteiger partial charge in [-0.05, 0) is 37.3 Å². The Bertz CT molecular complexity index is 873. The van der Waals surface area contributed by atoms with Gasteiger partial charge in [-0.2, -0.15) is 0 Å². The number of thiophene rings is 1. The maximum Gasteiger partial charge on any atom is 0.250 e. The van der Waals surface area contributed by atoms with Crippen molar-refractivity contribution in [2.24, 2.45) is 5.73 Å². The number of hydrogen-bond acceptors (Lipinski definition) is 5. The first-order chi connectivity index (χ1) is 11.1. The quantitative estimate of drug-likeness (QED) is 0.780. The third kappa shape index (κ3) is 2.98. The molecule has 0 spiro atoms. The summed E-state index contributed by atoms with van der Waals surface area (Å²) < 4.78 is 12.0. The number of nitrogens with two attached hydrogens (primary N) is 1. The van der Waals surface area contributed by atoms with Gasteiger partial charge in [-0.3, -0.25) is 4.79 Å². The predicted octanol–water partition coefficient (Wildman–Crippen LogP) is 3.29. The number of methoxy groups -OCH3 is 1. The Morgan fingerprint density at radius 2 is 2.17 bits per heavy atom. The maximum atomic E-state index is 11.6. The highest BCUT2D eigenvalue weighted by molar-refractivity contribution is 7.19. The third-order valence-corrected chi connectivity index (χ3v) is 4.61. The standard InChI is InChI=1S/C17H16N2O3S/c1-10-15(16(18)20)13-8-12(5-6-14(13)23-10)22-9-11-4-3-7-19-17(11)21-2/h3-8H,9H2,1-2H3,(H2,18,20). The van der Waals surface area contributed by atoms with Crippen molar-refractivity contribution in [1.82, 2.24) is 4.98 Å². The average Bonchev–Trinajstić information content (AvgIpc) is 2.88. The first-order valence-corrected chi connectivity index (χ1v) is 7.85. The van der Waals surface area contributed by atoms with E-state index in [0.717, 1.165) is 20.5 Å². The Morgan fingerprint density at radius 3 is 2.91 bits per heavy atom. The number of aromatic nitrogens is 1. The van der Waals surface area contributed by atoms with Crippen molar-refractivity contribution in [3.8, 4) is 11.6 Å². The van der Waals surface area contributed by atoms with Gasteiger partial charge in [0.2, 0.25) is 11.8 Å². The highest BCUT2D eigenvalue weighted by Gasteiger charge is 2.14. The number of aryl methyl sites for hydroxylation is 1. The molecule has 0 atom stereocenters. The number of amides is 1. The maximum absolute atomic E-state index is 11.6. The third-order valence-electron chi connectivity index (χ3n) is 3.52. The van der Waals surface area contributed by atoms with E-state index in [9.17, 15) is 4.79 Å². The SMILES string of the molecule is COc1ncccc1COc1ccc2sc(C)c(C(N)=O)c2c1. The van der Waals surface area contributed by atoms with Crippen LogP contribution >= 0.6 is 11.3 Å². The van der Waals surface area contributed by atoms with Crippen molar-refractivity contribution < 1.29 is 14.3 Å². The number of fused-ring (bicyclic) bond motifs is 1. The van der Waals surface area contributed by atoms with Gasteiger partial charge in [0, 0.05) is 21.2 Å². The first-order valence-electron chi connectivity index (χ1n) is 7.03. The van der Waals surface area contributed by atoms with E-state index in [1.54, 1.807) is 24.6 Å². The summed E-state index contributed by atoms with van der Waals surface area (Å²) in [5.41, 5.74) is 6.90. The number of ether oxygens (including phenoxy) is 2. The van der Waals surface area contributed by atoms with Crippen molar-refractivity contribution >= 4 is 27.3 Å². The largest absolute Gasteiger partial charge is 0.489 e. The van der Waals surface area contributed by atoms with E-state index in [-0.39, 0.29) is 0 Å². The molecule has 23 heavy (non-hydrogen) atoms. The first kappa shape index (κ1) is 15.3. The fraction of sp³-hybridized carbons (Fsp3) is 0.176. The lowest BCUT2D eigenvalue weighted by molar-refractivity contribution is 0.100. The molecule has 2 aromatic heterocycles. The number of carbonyl (C=O) groups is 1. The monoisotopic (exact) mass is 328 g/mol. The summed E-state index contributed by atoms with van der Waals surface area (Å²) in [4.78, 5) is 16.7. The normalized spacial score (nSPS) is 10.7. The Labute approximate surface area is 137 Å². The molecule has 0 bridgehead atoms. The molecule has 0 aliphatic heterocycles. The van der Waals surface area contributed by atoms with Crippen molar-refractivity contribution in [3.63, 3.8) is 0 Å². The molecule has 1 amide bonds. The fourth-order valence-electron chi connectivity index (χ4n) is 2.47. The molecule has 0 unspecified atom stereocenters. The van der Waals surface area contributed by atoms with E-state index in [1.807, 2.05) is 37.3 Å². The number of hydrogen-bond donors (Lipinski definition) is 1. The highest BCUT2D eigenvalue weighted by atomic mass is 32.1. The predicted molar refractivity (Wildman–Crippen MR) is 90.2 cm³/mol. The van der Waals surface area contributed by atoms with Gasteiger partial charge in [-0.1, -0.05) is 0 Å². The number of benzene rings is 1. The molecular formula is C17H16N2O3S. The number of primary amides is 1. The lowest BCUT2D eigenvalue weighted by Gasteiger charge is -2.09. The Hall–Kier alpha value is -2.60. The van der Waals surface area contributed by atoms with E-state index in [4.69, 9.17) is 15.2 Å². The second-order valence-electron chi connectivity index (χ2n) is 5.02. The van der Waals surface area contributed by atoms with Crippen molar-refractivity contribution in [3.05, 3.63) is 52.5 Å². The Kier molecular flexibility index (Phi) is 4.16. The van der Waals surface area contributed by atoms with Gasteiger partial charge >= 0.3 is 0 Å². The minimum absolute atomic E-state index is 0.331. The zero-order valence-electron chi connectivity index (χ0n) is 12.8. The summed E-state index contributed by atoms with van der Waals surface area (Å²) in [6.45, 7) is 2.23. The number of pyridine rings is 1. The molecule has 118 valence electrons. The smallest absolute Gasteiger partial charge is 0.250 e. The Morgan fingerprint density at radius 1 is 1.35 bits per heavy atom. The van der Waals surface area contributed by atoms with Crippen molar-refractivity contribution in [1.29, 1.82) is 0 Å². The van der Waals surface area contributed by atoms with Gasteiger partial charge in [0.25, 0.3) is 0 Å². The summed E-state index contributed by atoms with van der Waals surface area (Å²) in [6, 6.07) is 9.40. The van der Waals surface area contributed by atoms with Gasteiger partial charge in [-0.15, -0.1) is 11.3 Å². The van der Waals surface area contributed by atoms with E-state index in [2.05, 4.69) is 4.98 Å². The molecule has 2 heterocycles. The molecule has 2 N–H and O–H groups in total. The number of carbonyl (C=O) groups excluding carboxylic acids is 1. The molecule has 0 saturated heterocycles. The number of rotatable bonds is 5. The Balaban J connectivity index is 1.89. The van der Waals surface area contributed by atoms with Crippen LogP contribution in [0.25, 0.3) is 10.1 Å². The molecule has 0 fully saturated rings. The van der Waals surface area contributed by atoms with Crippen LogP contribution in [0.5, 0.6) is 11.6 Å². The lowest BCUT2D eigenvalue weighted by Crippen LogP contribution is -2.11. The van der Waals surface area contributed by atoms with E-state index in [0.29, 0.717) is 23.8 Å². The molecule has 0 saturated carbocycles. The van der Waals surface area contributed by atoms with Gasteiger partial charge in [0.1, 0.15) is 12.4 Å². The van der Waals surface area contributed by atoms with Crippen LogP contribution in [-0.2, 0) is 6.61 Å². The molecule has 6 heteroatoms. The van der Waals surface area contributed by atoms with Gasteiger partial charge < -0.3 is 15.2 Å². The molecule has 1 aromatic carbocycles. The topological polar surface area (TPSA) is 74.4 Å².